The molecule has 0 bridgehead atoms. The first-order chi connectivity index (χ1) is 6.76. The van der Waals surface area contributed by atoms with Crippen LogP contribution in [0.3, 0.4) is 0 Å². The van der Waals surface area contributed by atoms with E-state index in [1.165, 1.54) is 25.5 Å². The summed E-state index contributed by atoms with van der Waals surface area (Å²) >= 11 is 0. The molecule has 0 aliphatic heterocycles. The lowest BCUT2D eigenvalue weighted by Crippen LogP contribution is -2.37. The van der Waals surface area contributed by atoms with Crippen molar-refractivity contribution in [3.8, 4) is 0 Å². The molecule has 1 aliphatic carbocycles. The largest absolute Gasteiger partial charge is 0.303 e. The summed E-state index contributed by atoms with van der Waals surface area (Å²) in [5.41, 5.74) is 0.00514. The molecule has 0 amide bonds. The molecule has 0 aromatic heterocycles. The number of carbonyl (C=O) groups excluding carboxylic acids is 1. The van der Waals surface area contributed by atoms with Crippen molar-refractivity contribution in [1.82, 2.24) is 4.90 Å². The van der Waals surface area contributed by atoms with Crippen LogP contribution in [0.4, 0.5) is 0 Å². The lowest BCUT2D eigenvalue weighted by molar-refractivity contribution is -0.117. The van der Waals surface area contributed by atoms with Crippen molar-refractivity contribution in [3.63, 3.8) is 0 Å². The molecular formula is C12H23NO. The van der Waals surface area contributed by atoms with Gasteiger partial charge in [0.2, 0.25) is 0 Å². The fraction of sp³-hybridized carbons (Fsp3) is 0.917. The summed E-state index contributed by atoms with van der Waals surface area (Å²) in [7, 11) is 0. The van der Waals surface area contributed by atoms with E-state index in [1.54, 1.807) is 0 Å². The van der Waals surface area contributed by atoms with E-state index in [1.807, 2.05) is 0 Å². The Labute approximate surface area is 87.7 Å². The molecule has 0 heterocycles. The maximum Gasteiger partial charge on any atom is 0.127 e. The molecule has 82 valence electrons. The normalized spacial score (nSPS) is 20.2. The first-order valence-corrected chi connectivity index (χ1v) is 5.95. The number of rotatable bonds is 6. The van der Waals surface area contributed by atoms with Crippen molar-refractivity contribution in [3.05, 3.63) is 0 Å². The van der Waals surface area contributed by atoms with Gasteiger partial charge in [-0.2, -0.15) is 0 Å². The first-order valence-electron chi connectivity index (χ1n) is 5.95. The van der Waals surface area contributed by atoms with Gasteiger partial charge in [-0.15, -0.1) is 0 Å². The van der Waals surface area contributed by atoms with Crippen LogP contribution in [0.1, 0.15) is 46.0 Å². The van der Waals surface area contributed by atoms with Gasteiger partial charge in [-0.25, -0.2) is 0 Å². The summed E-state index contributed by atoms with van der Waals surface area (Å²) in [5.74, 6) is 0. The van der Waals surface area contributed by atoms with Gasteiger partial charge in [-0.1, -0.05) is 26.7 Å². The van der Waals surface area contributed by atoms with E-state index in [0.717, 1.165) is 32.5 Å². The second-order valence-electron chi connectivity index (χ2n) is 4.56. The molecule has 0 spiro atoms. The Kier molecular flexibility index (Phi) is 4.59. The van der Waals surface area contributed by atoms with Gasteiger partial charge in [0.15, 0.2) is 0 Å². The molecule has 2 nitrogen and oxygen atoms in total. The average molecular weight is 197 g/mol. The highest BCUT2D eigenvalue weighted by atomic mass is 16.1. The smallest absolute Gasteiger partial charge is 0.127 e. The minimum absolute atomic E-state index is 0.00514. The van der Waals surface area contributed by atoms with Crippen LogP contribution in [-0.4, -0.2) is 30.8 Å². The van der Waals surface area contributed by atoms with E-state index < -0.39 is 0 Å². The molecule has 0 aromatic carbocycles. The van der Waals surface area contributed by atoms with Crippen LogP contribution in [0.5, 0.6) is 0 Å². The maximum absolute atomic E-state index is 11.2. The Balaban J connectivity index is 2.49. The van der Waals surface area contributed by atoms with Crippen LogP contribution in [0.15, 0.2) is 0 Å². The molecule has 1 aliphatic rings. The third-order valence-corrected chi connectivity index (χ3v) is 3.37. The van der Waals surface area contributed by atoms with Crippen molar-refractivity contribution in [2.24, 2.45) is 5.41 Å². The predicted octanol–water partition coefficient (Wildman–Crippen LogP) is 2.48. The molecule has 0 atom stereocenters. The van der Waals surface area contributed by atoms with E-state index >= 15 is 0 Å². The average Bonchev–Trinajstić information content (AvgIpc) is 2.66. The van der Waals surface area contributed by atoms with E-state index in [4.69, 9.17) is 0 Å². The van der Waals surface area contributed by atoms with Gasteiger partial charge < -0.3 is 9.69 Å². The summed E-state index contributed by atoms with van der Waals surface area (Å²) in [6.45, 7) is 7.57. The monoisotopic (exact) mass is 197 g/mol. The van der Waals surface area contributed by atoms with Crippen molar-refractivity contribution in [2.75, 3.05) is 19.6 Å². The van der Waals surface area contributed by atoms with Gasteiger partial charge in [-0.3, -0.25) is 0 Å². The fourth-order valence-electron chi connectivity index (χ4n) is 2.50. The van der Waals surface area contributed by atoms with Gasteiger partial charge in [0, 0.05) is 12.0 Å². The minimum Gasteiger partial charge on any atom is -0.303 e. The topological polar surface area (TPSA) is 20.3 Å². The highest BCUT2D eigenvalue weighted by molar-refractivity contribution is 5.60. The summed E-state index contributed by atoms with van der Waals surface area (Å²) in [6, 6.07) is 0. The zero-order chi connectivity index (χ0) is 10.4. The lowest BCUT2D eigenvalue weighted by Gasteiger charge is -2.30. The Morgan fingerprint density at radius 2 is 1.93 bits per heavy atom. The van der Waals surface area contributed by atoms with Crippen LogP contribution in [0.2, 0.25) is 0 Å². The van der Waals surface area contributed by atoms with Gasteiger partial charge in [0.05, 0.1) is 0 Å². The predicted molar refractivity (Wildman–Crippen MR) is 59.4 cm³/mol. The number of hydrogen-bond donors (Lipinski definition) is 0. The van der Waals surface area contributed by atoms with Crippen LogP contribution < -0.4 is 0 Å². The molecule has 0 unspecified atom stereocenters. The molecule has 1 fully saturated rings. The van der Waals surface area contributed by atoms with Crippen LogP contribution >= 0.6 is 0 Å². The number of hydrogen-bond acceptors (Lipinski definition) is 2. The van der Waals surface area contributed by atoms with Crippen molar-refractivity contribution in [1.29, 1.82) is 0 Å². The summed E-state index contributed by atoms with van der Waals surface area (Å²) in [4.78, 5) is 13.6. The standard InChI is InChI=1S/C12H23NO/c1-3-9-13(4-2)10-12(11-14)7-5-6-8-12/h11H,3-10H2,1-2H3. The molecule has 1 rings (SSSR count). The molecule has 2 heteroatoms. The lowest BCUT2D eigenvalue weighted by atomic mass is 9.87. The molecule has 1 saturated carbocycles. The van der Waals surface area contributed by atoms with E-state index in [9.17, 15) is 4.79 Å². The number of nitrogens with zero attached hydrogens (tertiary/aromatic N) is 1. The van der Waals surface area contributed by atoms with Crippen LogP contribution in [0.25, 0.3) is 0 Å². The quantitative estimate of drug-likeness (QED) is 0.610. The summed E-state index contributed by atoms with van der Waals surface area (Å²) in [5, 5.41) is 0. The summed E-state index contributed by atoms with van der Waals surface area (Å²) < 4.78 is 0. The van der Waals surface area contributed by atoms with Gasteiger partial charge in [0.1, 0.15) is 6.29 Å². The van der Waals surface area contributed by atoms with E-state index in [0.29, 0.717) is 0 Å². The van der Waals surface area contributed by atoms with E-state index in [2.05, 4.69) is 18.7 Å². The number of aldehydes is 1. The van der Waals surface area contributed by atoms with Crippen LogP contribution in [0, 0.1) is 5.41 Å². The molecule has 0 N–H and O–H groups in total. The first kappa shape index (κ1) is 11.7. The minimum atomic E-state index is 0.00514. The Hall–Kier alpha value is -0.370. The Morgan fingerprint density at radius 3 is 2.36 bits per heavy atom. The molecule has 0 saturated heterocycles. The Morgan fingerprint density at radius 1 is 1.29 bits per heavy atom. The fourth-order valence-corrected chi connectivity index (χ4v) is 2.50. The second kappa shape index (κ2) is 5.50. The highest BCUT2D eigenvalue weighted by Crippen LogP contribution is 2.36. The van der Waals surface area contributed by atoms with Crippen molar-refractivity contribution < 1.29 is 4.79 Å². The second-order valence-corrected chi connectivity index (χ2v) is 4.56. The molecule has 0 radical (unpaired) electrons. The third kappa shape index (κ3) is 2.81. The van der Waals surface area contributed by atoms with Gasteiger partial charge in [-0.05, 0) is 32.4 Å². The Bertz CT molecular complexity index is 173. The van der Waals surface area contributed by atoms with Crippen LogP contribution in [-0.2, 0) is 4.79 Å². The van der Waals surface area contributed by atoms with Crippen molar-refractivity contribution in [2.45, 2.75) is 46.0 Å². The zero-order valence-corrected chi connectivity index (χ0v) is 9.59. The van der Waals surface area contributed by atoms with Gasteiger partial charge in [0.25, 0.3) is 0 Å². The van der Waals surface area contributed by atoms with Gasteiger partial charge >= 0.3 is 0 Å². The third-order valence-electron chi connectivity index (χ3n) is 3.37. The zero-order valence-electron chi connectivity index (χ0n) is 9.59. The summed E-state index contributed by atoms with van der Waals surface area (Å²) in [6.07, 6.45) is 7.10. The maximum atomic E-state index is 11.2. The van der Waals surface area contributed by atoms with E-state index in [-0.39, 0.29) is 5.41 Å². The molecule has 0 aromatic rings. The molecular weight excluding hydrogens is 174 g/mol. The van der Waals surface area contributed by atoms with Crippen molar-refractivity contribution >= 4 is 6.29 Å². The number of carbonyl (C=O) groups is 1. The molecule has 14 heavy (non-hydrogen) atoms. The highest BCUT2D eigenvalue weighted by Gasteiger charge is 2.34. The SMILES string of the molecule is CCCN(CC)CC1(C=O)CCCC1.